The zero-order valence-electron chi connectivity index (χ0n) is 18.2. The van der Waals surface area contributed by atoms with Gasteiger partial charge in [-0.3, -0.25) is 4.79 Å². The standard InChI is InChI=1S/C23H37N3O2/c1-6-20(28-22-16(4)14(2)21(24)15(3)17(22)5)23(27)25-19-9-11-26(12-10-19)13-18-7-8-18/h18-20H,6-13,24H2,1-5H3,(H,25,27). The zero-order valence-corrected chi connectivity index (χ0v) is 18.2. The number of anilines is 1. The maximum absolute atomic E-state index is 12.9. The third-order valence-corrected chi connectivity index (χ3v) is 6.68. The number of nitrogens with zero attached hydrogens (tertiary/aromatic N) is 1. The molecule has 3 N–H and O–H groups in total. The molecule has 1 aromatic carbocycles. The van der Waals surface area contributed by atoms with Crippen molar-refractivity contribution in [2.24, 2.45) is 5.92 Å². The van der Waals surface area contributed by atoms with Crippen LogP contribution in [0.1, 0.15) is 61.3 Å². The summed E-state index contributed by atoms with van der Waals surface area (Å²) in [6.45, 7) is 13.5. The highest BCUT2D eigenvalue weighted by Gasteiger charge is 2.29. The first kappa shape index (κ1) is 21.0. The lowest BCUT2D eigenvalue weighted by atomic mass is 9.97. The lowest BCUT2D eigenvalue weighted by Crippen LogP contribution is -2.49. The number of hydrogen-bond acceptors (Lipinski definition) is 4. The number of rotatable bonds is 7. The molecule has 1 aromatic rings. The molecule has 2 fully saturated rings. The monoisotopic (exact) mass is 387 g/mol. The lowest BCUT2D eigenvalue weighted by molar-refractivity contribution is -0.129. The largest absolute Gasteiger partial charge is 0.480 e. The van der Waals surface area contributed by atoms with Gasteiger partial charge in [-0.2, -0.15) is 0 Å². The van der Waals surface area contributed by atoms with Gasteiger partial charge in [0.1, 0.15) is 5.75 Å². The summed E-state index contributed by atoms with van der Waals surface area (Å²) < 4.78 is 6.25. The first-order chi connectivity index (χ1) is 13.3. The van der Waals surface area contributed by atoms with Crippen molar-refractivity contribution in [3.63, 3.8) is 0 Å². The highest BCUT2D eigenvalue weighted by atomic mass is 16.5. The fourth-order valence-electron chi connectivity index (χ4n) is 4.17. The van der Waals surface area contributed by atoms with E-state index in [1.54, 1.807) is 0 Å². The number of nitrogens with one attached hydrogen (secondary N) is 1. The Labute approximate surface area is 170 Å². The van der Waals surface area contributed by atoms with Crippen LogP contribution in [0.5, 0.6) is 5.75 Å². The van der Waals surface area contributed by atoms with E-state index in [4.69, 9.17) is 10.5 Å². The molecule has 3 rings (SSSR count). The van der Waals surface area contributed by atoms with Gasteiger partial charge in [-0.25, -0.2) is 0 Å². The van der Waals surface area contributed by atoms with Crippen LogP contribution in [0.25, 0.3) is 0 Å². The van der Waals surface area contributed by atoms with Gasteiger partial charge in [0, 0.05) is 31.4 Å². The zero-order chi connectivity index (χ0) is 20.4. The van der Waals surface area contributed by atoms with Crippen LogP contribution >= 0.6 is 0 Å². The van der Waals surface area contributed by atoms with Gasteiger partial charge in [-0.05, 0) is 88.0 Å². The van der Waals surface area contributed by atoms with Gasteiger partial charge < -0.3 is 20.7 Å². The highest BCUT2D eigenvalue weighted by Crippen LogP contribution is 2.35. The maximum atomic E-state index is 12.9. The second-order valence-electron chi connectivity index (χ2n) is 8.78. The SMILES string of the molecule is CCC(Oc1c(C)c(C)c(N)c(C)c1C)C(=O)NC1CCN(CC2CC2)CC1. The van der Waals surface area contributed by atoms with Crippen molar-refractivity contribution in [1.82, 2.24) is 10.2 Å². The summed E-state index contributed by atoms with van der Waals surface area (Å²) >= 11 is 0. The van der Waals surface area contributed by atoms with Crippen LogP contribution < -0.4 is 15.8 Å². The minimum atomic E-state index is -0.468. The number of ether oxygens (including phenoxy) is 1. The molecule has 1 aliphatic heterocycles. The predicted octanol–water partition coefficient (Wildman–Crippen LogP) is 3.65. The summed E-state index contributed by atoms with van der Waals surface area (Å²) in [6, 6.07) is 0.262. The fraction of sp³-hybridized carbons (Fsp3) is 0.696. The van der Waals surface area contributed by atoms with Gasteiger partial charge in [0.15, 0.2) is 6.10 Å². The molecule has 2 aliphatic rings. The number of piperidine rings is 1. The summed E-state index contributed by atoms with van der Waals surface area (Å²) in [5.74, 6) is 1.75. The van der Waals surface area contributed by atoms with Crippen LogP contribution in [0.15, 0.2) is 0 Å². The number of amides is 1. The summed E-state index contributed by atoms with van der Waals surface area (Å²) in [6.07, 6.45) is 5.04. The van der Waals surface area contributed by atoms with E-state index in [-0.39, 0.29) is 11.9 Å². The third-order valence-electron chi connectivity index (χ3n) is 6.68. The van der Waals surface area contributed by atoms with Crippen molar-refractivity contribution in [2.45, 2.75) is 78.9 Å². The average Bonchev–Trinajstić information content (AvgIpc) is 3.50. The minimum Gasteiger partial charge on any atom is -0.480 e. The summed E-state index contributed by atoms with van der Waals surface area (Å²) in [5, 5.41) is 3.24. The van der Waals surface area contributed by atoms with E-state index in [9.17, 15) is 4.79 Å². The van der Waals surface area contributed by atoms with Gasteiger partial charge >= 0.3 is 0 Å². The van der Waals surface area contributed by atoms with Crippen molar-refractivity contribution in [3.8, 4) is 5.75 Å². The molecule has 5 heteroatoms. The predicted molar refractivity (Wildman–Crippen MR) is 115 cm³/mol. The molecule has 0 radical (unpaired) electrons. The molecule has 1 amide bonds. The van der Waals surface area contributed by atoms with E-state index in [1.165, 1.54) is 19.4 Å². The normalized spacial score (nSPS) is 19.5. The Kier molecular flexibility index (Phi) is 6.54. The second kappa shape index (κ2) is 8.73. The van der Waals surface area contributed by atoms with Crippen LogP contribution in [0.3, 0.4) is 0 Å². The van der Waals surface area contributed by atoms with E-state index in [2.05, 4.69) is 10.2 Å². The van der Waals surface area contributed by atoms with Gasteiger partial charge in [0.2, 0.25) is 0 Å². The third kappa shape index (κ3) is 4.62. The second-order valence-corrected chi connectivity index (χ2v) is 8.78. The van der Waals surface area contributed by atoms with Crippen LogP contribution in [0.2, 0.25) is 0 Å². The number of likely N-dealkylation sites (tertiary alicyclic amines) is 1. The van der Waals surface area contributed by atoms with Crippen LogP contribution in [-0.4, -0.2) is 42.6 Å². The molecule has 1 aliphatic carbocycles. The van der Waals surface area contributed by atoms with E-state index >= 15 is 0 Å². The number of benzene rings is 1. The Morgan fingerprint density at radius 2 is 1.64 bits per heavy atom. The molecule has 0 bridgehead atoms. The number of hydrogen-bond donors (Lipinski definition) is 2. The molecular formula is C23H37N3O2. The molecule has 1 atom stereocenters. The van der Waals surface area contributed by atoms with Crippen LogP contribution in [0.4, 0.5) is 5.69 Å². The Hall–Kier alpha value is -1.75. The quantitative estimate of drug-likeness (QED) is 0.701. The Morgan fingerprint density at radius 1 is 1.07 bits per heavy atom. The summed E-state index contributed by atoms with van der Waals surface area (Å²) in [4.78, 5) is 15.5. The Balaban J connectivity index is 1.60. The summed E-state index contributed by atoms with van der Waals surface area (Å²) in [7, 11) is 0. The maximum Gasteiger partial charge on any atom is 0.261 e. The number of nitrogen functional groups attached to an aromatic ring is 1. The topological polar surface area (TPSA) is 67.6 Å². The van der Waals surface area contributed by atoms with E-state index in [0.29, 0.717) is 6.42 Å². The van der Waals surface area contributed by atoms with Crippen LogP contribution in [-0.2, 0) is 4.79 Å². The van der Waals surface area contributed by atoms with Crippen molar-refractivity contribution >= 4 is 11.6 Å². The molecular weight excluding hydrogens is 350 g/mol. The van der Waals surface area contributed by atoms with E-state index < -0.39 is 6.10 Å². The van der Waals surface area contributed by atoms with Gasteiger partial charge in [-0.1, -0.05) is 6.92 Å². The first-order valence-corrected chi connectivity index (χ1v) is 10.9. The number of carbonyl (C=O) groups is 1. The van der Waals surface area contributed by atoms with Gasteiger partial charge in [0.05, 0.1) is 0 Å². The average molecular weight is 388 g/mol. The smallest absolute Gasteiger partial charge is 0.261 e. The van der Waals surface area contributed by atoms with Crippen molar-refractivity contribution in [2.75, 3.05) is 25.4 Å². The Morgan fingerprint density at radius 3 is 2.14 bits per heavy atom. The molecule has 1 heterocycles. The first-order valence-electron chi connectivity index (χ1n) is 10.9. The molecule has 1 saturated carbocycles. The number of nitrogens with two attached hydrogens (primary N) is 1. The molecule has 28 heavy (non-hydrogen) atoms. The molecule has 1 unspecified atom stereocenters. The van der Waals surface area contributed by atoms with Crippen molar-refractivity contribution < 1.29 is 9.53 Å². The highest BCUT2D eigenvalue weighted by molar-refractivity contribution is 5.81. The van der Waals surface area contributed by atoms with E-state index in [0.717, 1.165) is 65.5 Å². The van der Waals surface area contributed by atoms with Crippen molar-refractivity contribution in [1.29, 1.82) is 0 Å². The molecule has 156 valence electrons. The molecule has 0 spiro atoms. The fourth-order valence-corrected chi connectivity index (χ4v) is 4.17. The van der Waals surface area contributed by atoms with Crippen LogP contribution in [0, 0.1) is 33.6 Å². The lowest BCUT2D eigenvalue weighted by Gasteiger charge is -2.33. The minimum absolute atomic E-state index is 0.00840. The number of carbonyl (C=O) groups excluding carboxylic acids is 1. The molecule has 5 nitrogen and oxygen atoms in total. The summed E-state index contributed by atoms with van der Waals surface area (Å²) in [5.41, 5.74) is 11.2. The van der Waals surface area contributed by atoms with Gasteiger partial charge in [-0.15, -0.1) is 0 Å². The van der Waals surface area contributed by atoms with Gasteiger partial charge in [0.25, 0.3) is 5.91 Å². The molecule has 0 aromatic heterocycles. The van der Waals surface area contributed by atoms with E-state index in [1.807, 2.05) is 34.6 Å². The van der Waals surface area contributed by atoms with Crippen molar-refractivity contribution in [3.05, 3.63) is 22.3 Å². The Bertz CT molecular complexity index is 690. The molecule has 1 saturated heterocycles.